The molecule has 2 aliphatic heterocycles. The first-order valence-corrected chi connectivity index (χ1v) is 11.9. The number of para-hydroxylation sites is 1. The van der Waals surface area contributed by atoms with E-state index in [2.05, 4.69) is 86.9 Å². The SMILES string of the molecule is CN(C)c1cncc(C2CC3C(CN2)NNC3c2nc3c(-c4cccs4)cccc3[nH]2)c1. The summed E-state index contributed by atoms with van der Waals surface area (Å²) >= 11 is 1.75. The zero-order chi connectivity index (χ0) is 21.7. The molecule has 2 fully saturated rings. The molecule has 0 spiro atoms. The Morgan fingerprint density at radius 3 is 2.88 bits per heavy atom. The molecular formula is C24H27N7S. The summed E-state index contributed by atoms with van der Waals surface area (Å²) in [6, 6.07) is 13.7. The molecule has 164 valence electrons. The van der Waals surface area contributed by atoms with Gasteiger partial charge in [0.15, 0.2) is 0 Å². The number of imidazole rings is 1. The zero-order valence-electron chi connectivity index (χ0n) is 18.2. The van der Waals surface area contributed by atoms with Crippen molar-refractivity contribution in [1.82, 2.24) is 31.1 Å². The molecule has 1 aromatic carbocycles. The van der Waals surface area contributed by atoms with E-state index in [4.69, 9.17) is 4.98 Å². The molecule has 4 atom stereocenters. The fourth-order valence-corrected chi connectivity index (χ4v) is 5.76. The highest BCUT2D eigenvalue weighted by Gasteiger charge is 2.42. The van der Waals surface area contributed by atoms with Crippen molar-refractivity contribution in [2.45, 2.75) is 24.5 Å². The number of hydrogen-bond acceptors (Lipinski definition) is 7. The van der Waals surface area contributed by atoms with Crippen LogP contribution in [-0.4, -0.2) is 41.6 Å². The quantitative estimate of drug-likeness (QED) is 0.384. The topological polar surface area (TPSA) is 80.9 Å². The Balaban J connectivity index is 1.30. The van der Waals surface area contributed by atoms with Crippen molar-refractivity contribution in [2.24, 2.45) is 5.92 Å². The molecule has 4 N–H and O–H groups in total. The number of thiophene rings is 1. The minimum atomic E-state index is 0.137. The Morgan fingerprint density at radius 1 is 1.09 bits per heavy atom. The van der Waals surface area contributed by atoms with Crippen LogP contribution >= 0.6 is 11.3 Å². The van der Waals surface area contributed by atoms with Gasteiger partial charge in [-0.05, 0) is 35.6 Å². The highest BCUT2D eigenvalue weighted by Crippen LogP contribution is 2.39. The van der Waals surface area contributed by atoms with Crippen LogP contribution < -0.4 is 21.1 Å². The second-order valence-electron chi connectivity index (χ2n) is 8.91. The molecule has 3 aromatic heterocycles. The second-order valence-corrected chi connectivity index (χ2v) is 9.85. The lowest BCUT2D eigenvalue weighted by Crippen LogP contribution is -2.46. The van der Waals surface area contributed by atoms with Crippen molar-refractivity contribution >= 4 is 28.1 Å². The molecule has 2 aliphatic rings. The van der Waals surface area contributed by atoms with E-state index in [1.54, 1.807) is 11.3 Å². The number of hydrogen-bond donors (Lipinski definition) is 4. The van der Waals surface area contributed by atoms with Crippen molar-refractivity contribution in [2.75, 3.05) is 25.5 Å². The molecular weight excluding hydrogens is 418 g/mol. The molecule has 4 unspecified atom stereocenters. The fourth-order valence-electron chi connectivity index (χ4n) is 5.01. The third kappa shape index (κ3) is 3.40. The number of anilines is 1. The maximum atomic E-state index is 5.09. The van der Waals surface area contributed by atoms with Gasteiger partial charge in [0, 0.05) is 55.3 Å². The summed E-state index contributed by atoms with van der Waals surface area (Å²) in [6.07, 6.45) is 4.92. The minimum Gasteiger partial charge on any atom is -0.376 e. The molecule has 2 saturated heterocycles. The predicted octanol–water partition coefficient (Wildman–Crippen LogP) is 3.62. The molecule has 0 aliphatic carbocycles. The van der Waals surface area contributed by atoms with Gasteiger partial charge >= 0.3 is 0 Å². The lowest BCUT2D eigenvalue weighted by Gasteiger charge is -2.34. The smallest absolute Gasteiger partial charge is 0.126 e. The molecule has 0 bridgehead atoms. The Morgan fingerprint density at radius 2 is 2.03 bits per heavy atom. The largest absolute Gasteiger partial charge is 0.376 e. The summed E-state index contributed by atoms with van der Waals surface area (Å²) in [6.45, 7) is 0.908. The highest BCUT2D eigenvalue weighted by atomic mass is 32.1. The molecule has 7 nitrogen and oxygen atoms in total. The Labute approximate surface area is 191 Å². The highest BCUT2D eigenvalue weighted by molar-refractivity contribution is 7.13. The first-order valence-electron chi connectivity index (χ1n) is 11.1. The molecule has 32 heavy (non-hydrogen) atoms. The Kier molecular flexibility index (Phi) is 4.95. The molecule has 0 amide bonds. The predicted molar refractivity (Wildman–Crippen MR) is 130 cm³/mol. The van der Waals surface area contributed by atoms with Gasteiger partial charge < -0.3 is 15.2 Å². The number of aromatic nitrogens is 3. The van der Waals surface area contributed by atoms with Gasteiger partial charge in [-0.2, -0.15) is 0 Å². The van der Waals surface area contributed by atoms with Gasteiger partial charge in [-0.3, -0.25) is 10.4 Å². The summed E-state index contributed by atoms with van der Waals surface area (Å²) in [5.74, 6) is 1.43. The zero-order valence-corrected chi connectivity index (χ0v) is 19.0. The number of fused-ring (bicyclic) bond motifs is 2. The lowest BCUT2D eigenvalue weighted by molar-refractivity contribution is 0.263. The maximum Gasteiger partial charge on any atom is 0.126 e. The maximum absolute atomic E-state index is 5.09. The number of nitrogens with one attached hydrogen (secondary N) is 4. The van der Waals surface area contributed by atoms with E-state index in [0.717, 1.165) is 35.5 Å². The molecule has 5 heterocycles. The summed E-state index contributed by atoms with van der Waals surface area (Å²) in [7, 11) is 4.11. The number of H-pyrrole nitrogens is 1. The van der Waals surface area contributed by atoms with Crippen molar-refractivity contribution in [1.29, 1.82) is 0 Å². The molecule has 0 saturated carbocycles. The van der Waals surface area contributed by atoms with Gasteiger partial charge in [-0.15, -0.1) is 11.3 Å². The van der Waals surface area contributed by atoms with Crippen molar-refractivity contribution in [3.8, 4) is 10.4 Å². The Bertz CT molecular complexity index is 1230. The average molecular weight is 446 g/mol. The van der Waals surface area contributed by atoms with E-state index < -0.39 is 0 Å². The Hall–Kier alpha value is -2.78. The van der Waals surface area contributed by atoms with Crippen LogP contribution in [0.1, 0.15) is 29.9 Å². The van der Waals surface area contributed by atoms with E-state index in [1.807, 2.05) is 12.4 Å². The van der Waals surface area contributed by atoms with E-state index in [0.29, 0.717) is 12.0 Å². The summed E-state index contributed by atoms with van der Waals surface area (Å²) in [4.78, 5) is 16.5. The number of hydrazine groups is 1. The fraction of sp³-hybridized carbons (Fsp3) is 0.333. The first-order chi connectivity index (χ1) is 15.7. The van der Waals surface area contributed by atoms with E-state index in [-0.39, 0.29) is 12.1 Å². The van der Waals surface area contributed by atoms with E-state index in [1.165, 1.54) is 16.0 Å². The standard InChI is InChI=1S/C24H27N7S/c1-31(2)15-9-14(11-25-12-15)19-10-17-20(13-26-19)29-30-23(17)24-27-18-6-3-5-16(22(18)28-24)21-7-4-8-32-21/h3-9,11-12,17,19-20,23,26,29-30H,10,13H2,1-2H3,(H,27,28). The second kappa shape index (κ2) is 7.97. The van der Waals surface area contributed by atoms with Gasteiger partial charge in [-0.1, -0.05) is 18.2 Å². The van der Waals surface area contributed by atoms with Crippen LogP contribution in [0.3, 0.4) is 0 Å². The van der Waals surface area contributed by atoms with Crippen LogP contribution in [0.15, 0.2) is 54.2 Å². The summed E-state index contributed by atoms with van der Waals surface area (Å²) in [5.41, 5.74) is 12.7. The normalized spacial score (nSPS) is 25.2. The molecule has 4 aromatic rings. The van der Waals surface area contributed by atoms with Crippen LogP contribution in [0.25, 0.3) is 21.5 Å². The van der Waals surface area contributed by atoms with Crippen LogP contribution in [0.5, 0.6) is 0 Å². The summed E-state index contributed by atoms with van der Waals surface area (Å²) in [5, 5.41) is 5.82. The molecule has 6 rings (SSSR count). The van der Waals surface area contributed by atoms with Crippen LogP contribution in [-0.2, 0) is 0 Å². The number of nitrogens with zero attached hydrogens (tertiary/aromatic N) is 3. The van der Waals surface area contributed by atoms with Gasteiger partial charge in [0.25, 0.3) is 0 Å². The van der Waals surface area contributed by atoms with Crippen molar-refractivity contribution in [3.63, 3.8) is 0 Å². The number of benzene rings is 1. The number of pyridine rings is 1. The lowest BCUT2D eigenvalue weighted by atomic mass is 9.82. The number of aromatic amines is 1. The average Bonchev–Trinajstić information content (AvgIpc) is 3.57. The minimum absolute atomic E-state index is 0.137. The monoisotopic (exact) mass is 445 g/mol. The first kappa shape index (κ1) is 19.9. The molecule has 0 radical (unpaired) electrons. The van der Waals surface area contributed by atoms with Crippen molar-refractivity contribution in [3.05, 3.63) is 65.6 Å². The van der Waals surface area contributed by atoms with Crippen LogP contribution in [0.4, 0.5) is 5.69 Å². The number of rotatable bonds is 4. The van der Waals surface area contributed by atoms with Gasteiger partial charge in [0.1, 0.15) is 5.82 Å². The number of piperidine rings is 1. The third-order valence-electron chi connectivity index (χ3n) is 6.74. The summed E-state index contributed by atoms with van der Waals surface area (Å²) < 4.78 is 0. The van der Waals surface area contributed by atoms with Gasteiger partial charge in [0.2, 0.25) is 0 Å². The van der Waals surface area contributed by atoms with Gasteiger partial charge in [-0.25, -0.2) is 10.4 Å². The molecule has 8 heteroatoms. The van der Waals surface area contributed by atoms with E-state index in [9.17, 15) is 0 Å². The van der Waals surface area contributed by atoms with Crippen molar-refractivity contribution < 1.29 is 0 Å². The third-order valence-corrected chi connectivity index (χ3v) is 7.64. The van der Waals surface area contributed by atoms with E-state index >= 15 is 0 Å². The van der Waals surface area contributed by atoms with Gasteiger partial charge in [0.05, 0.1) is 29.0 Å². The van der Waals surface area contributed by atoms with Crippen LogP contribution in [0, 0.1) is 5.92 Å². The van der Waals surface area contributed by atoms with Crippen LogP contribution in [0.2, 0.25) is 0 Å².